The highest BCUT2D eigenvalue weighted by atomic mass is 16.6. The summed E-state index contributed by atoms with van der Waals surface area (Å²) >= 11 is 0. The molecule has 0 amide bonds. The predicted molar refractivity (Wildman–Crippen MR) is 274 cm³/mol. The zero-order valence-electron chi connectivity index (χ0n) is 42.0. The number of carbonyl (C=O) groups is 3. The number of esters is 3. The standard InChI is InChI=1S/C58H100O6/c1-4-7-10-13-16-19-22-25-28-31-33-36-39-42-45-48-51-57(60)63-54-55(64-58(61)52-49-46-43-40-37-34-30-27-24-21-18-15-12-9-6-3)53-62-56(59)50-47-44-41-38-35-32-29-26-23-20-17-14-11-8-5-2/h7,10,16,18-21,23-25,27-28,55H,4-6,8-9,11-15,17,22,26,29-54H2,1-3H3/b10-7-,19-16-,21-18-,23-20-,27-24-,28-25-. The van der Waals surface area contributed by atoms with Crippen LogP contribution in [0.1, 0.15) is 258 Å². The Hall–Kier alpha value is -3.15. The summed E-state index contributed by atoms with van der Waals surface area (Å²) in [5.74, 6) is -0.912. The van der Waals surface area contributed by atoms with Gasteiger partial charge in [-0.1, -0.05) is 209 Å². The molecule has 0 N–H and O–H groups in total. The van der Waals surface area contributed by atoms with Crippen molar-refractivity contribution in [2.24, 2.45) is 0 Å². The van der Waals surface area contributed by atoms with E-state index in [1.807, 2.05) is 0 Å². The normalized spacial score (nSPS) is 12.6. The van der Waals surface area contributed by atoms with E-state index in [9.17, 15) is 14.4 Å². The Balaban J connectivity index is 4.43. The van der Waals surface area contributed by atoms with Gasteiger partial charge in [0, 0.05) is 19.3 Å². The number of hydrogen-bond donors (Lipinski definition) is 0. The van der Waals surface area contributed by atoms with E-state index >= 15 is 0 Å². The Morgan fingerprint density at radius 1 is 0.344 bits per heavy atom. The van der Waals surface area contributed by atoms with E-state index in [4.69, 9.17) is 14.2 Å². The van der Waals surface area contributed by atoms with E-state index in [0.717, 1.165) is 96.3 Å². The number of carbonyl (C=O) groups excluding carboxylic acids is 3. The summed E-state index contributed by atoms with van der Waals surface area (Å²) in [7, 11) is 0. The molecule has 0 aliphatic carbocycles. The van der Waals surface area contributed by atoms with E-state index in [0.29, 0.717) is 19.3 Å². The molecule has 0 aromatic rings. The summed E-state index contributed by atoms with van der Waals surface area (Å²) in [5, 5.41) is 0. The highest BCUT2D eigenvalue weighted by Gasteiger charge is 2.19. The van der Waals surface area contributed by atoms with Gasteiger partial charge >= 0.3 is 17.9 Å². The highest BCUT2D eigenvalue weighted by molar-refractivity contribution is 5.71. The largest absolute Gasteiger partial charge is 0.462 e. The Kier molecular flexibility index (Phi) is 49.9. The van der Waals surface area contributed by atoms with Gasteiger partial charge in [-0.2, -0.15) is 0 Å². The number of hydrogen-bond acceptors (Lipinski definition) is 6. The molecule has 0 saturated heterocycles. The summed E-state index contributed by atoms with van der Waals surface area (Å²) in [6.45, 7) is 6.47. The van der Waals surface area contributed by atoms with Crippen molar-refractivity contribution in [3.05, 3.63) is 72.9 Å². The van der Waals surface area contributed by atoms with Crippen molar-refractivity contribution in [2.75, 3.05) is 13.2 Å². The highest BCUT2D eigenvalue weighted by Crippen LogP contribution is 2.14. The SMILES string of the molecule is CC/C=C\C/C=C\C/C=C\CCCCCCCCC(=O)OCC(COC(=O)CCCCCCCCC/C=C\CCCCCC)OC(=O)CCCCCCCC/C=C\C=C/CCCCC. The van der Waals surface area contributed by atoms with Crippen LogP contribution in [-0.4, -0.2) is 37.2 Å². The minimum absolute atomic E-state index is 0.0866. The molecule has 0 aromatic carbocycles. The molecule has 6 heteroatoms. The van der Waals surface area contributed by atoms with Crippen LogP contribution >= 0.6 is 0 Å². The molecule has 0 fully saturated rings. The quantitative estimate of drug-likeness (QED) is 0.0199. The summed E-state index contributed by atoms with van der Waals surface area (Å²) in [6.07, 6.45) is 65.9. The van der Waals surface area contributed by atoms with Crippen LogP contribution in [0, 0.1) is 0 Å². The van der Waals surface area contributed by atoms with Gasteiger partial charge in [0.1, 0.15) is 13.2 Å². The topological polar surface area (TPSA) is 78.9 Å². The van der Waals surface area contributed by atoms with Gasteiger partial charge in [-0.25, -0.2) is 0 Å². The van der Waals surface area contributed by atoms with E-state index < -0.39 is 6.10 Å². The minimum Gasteiger partial charge on any atom is -0.462 e. The second-order valence-corrected chi connectivity index (χ2v) is 17.8. The summed E-state index contributed by atoms with van der Waals surface area (Å²) in [4.78, 5) is 38.1. The molecule has 6 nitrogen and oxygen atoms in total. The Morgan fingerprint density at radius 2 is 0.656 bits per heavy atom. The predicted octanol–water partition coefficient (Wildman–Crippen LogP) is 17.8. The fourth-order valence-corrected chi connectivity index (χ4v) is 7.38. The van der Waals surface area contributed by atoms with Gasteiger partial charge in [0.15, 0.2) is 6.10 Å². The van der Waals surface area contributed by atoms with Crippen LogP contribution in [0.5, 0.6) is 0 Å². The minimum atomic E-state index is -0.788. The van der Waals surface area contributed by atoms with Crippen LogP contribution in [-0.2, 0) is 28.6 Å². The lowest BCUT2D eigenvalue weighted by Crippen LogP contribution is -2.30. The van der Waals surface area contributed by atoms with Crippen LogP contribution in [0.25, 0.3) is 0 Å². The molecule has 0 bridgehead atoms. The van der Waals surface area contributed by atoms with Gasteiger partial charge < -0.3 is 14.2 Å². The third kappa shape index (κ3) is 49.9. The first-order chi connectivity index (χ1) is 31.5. The number of allylic oxidation sites excluding steroid dienone is 12. The lowest BCUT2D eigenvalue weighted by Gasteiger charge is -2.18. The molecule has 0 spiro atoms. The third-order valence-corrected chi connectivity index (χ3v) is 11.4. The van der Waals surface area contributed by atoms with Crippen molar-refractivity contribution in [1.29, 1.82) is 0 Å². The monoisotopic (exact) mass is 893 g/mol. The molecule has 0 radical (unpaired) electrons. The Morgan fingerprint density at radius 3 is 1.09 bits per heavy atom. The molecule has 0 saturated carbocycles. The zero-order chi connectivity index (χ0) is 46.5. The van der Waals surface area contributed by atoms with Gasteiger partial charge in [0.2, 0.25) is 0 Å². The smallest absolute Gasteiger partial charge is 0.306 e. The fourth-order valence-electron chi connectivity index (χ4n) is 7.38. The molecular formula is C58H100O6. The first-order valence-electron chi connectivity index (χ1n) is 27.0. The lowest BCUT2D eigenvalue weighted by molar-refractivity contribution is -0.167. The van der Waals surface area contributed by atoms with Crippen LogP contribution in [0.4, 0.5) is 0 Å². The molecule has 368 valence electrons. The van der Waals surface area contributed by atoms with E-state index in [1.54, 1.807) is 0 Å². The van der Waals surface area contributed by atoms with Crippen molar-refractivity contribution in [3.8, 4) is 0 Å². The maximum absolute atomic E-state index is 12.8. The molecule has 0 aliphatic heterocycles. The Bertz CT molecular complexity index is 1210. The average Bonchev–Trinajstić information content (AvgIpc) is 3.29. The molecule has 1 unspecified atom stereocenters. The molecule has 64 heavy (non-hydrogen) atoms. The first-order valence-corrected chi connectivity index (χ1v) is 27.0. The summed E-state index contributed by atoms with van der Waals surface area (Å²) in [6, 6.07) is 0. The molecular weight excluding hydrogens is 793 g/mol. The lowest BCUT2D eigenvalue weighted by atomic mass is 10.1. The summed E-state index contributed by atoms with van der Waals surface area (Å²) < 4.78 is 16.8. The third-order valence-electron chi connectivity index (χ3n) is 11.4. The van der Waals surface area contributed by atoms with Gasteiger partial charge in [-0.15, -0.1) is 0 Å². The molecule has 0 aromatic heterocycles. The van der Waals surface area contributed by atoms with Crippen LogP contribution < -0.4 is 0 Å². The molecule has 0 aliphatic rings. The van der Waals surface area contributed by atoms with Crippen LogP contribution in [0.15, 0.2) is 72.9 Å². The zero-order valence-corrected chi connectivity index (χ0v) is 42.0. The van der Waals surface area contributed by atoms with Crippen molar-refractivity contribution in [3.63, 3.8) is 0 Å². The van der Waals surface area contributed by atoms with Gasteiger partial charge in [-0.05, 0) is 103 Å². The first kappa shape index (κ1) is 60.9. The maximum atomic E-state index is 12.8. The van der Waals surface area contributed by atoms with E-state index in [2.05, 4.69) is 93.7 Å². The van der Waals surface area contributed by atoms with Crippen LogP contribution in [0.3, 0.4) is 0 Å². The average molecular weight is 893 g/mol. The van der Waals surface area contributed by atoms with E-state index in [-0.39, 0.29) is 31.1 Å². The van der Waals surface area contributed by atoms with Crippen molar-refractivity contribution < 1.29 is 28.6 Å². The van der Waals surface area contributed by atoms with Crippen molar-refractivity contribution >= 4 is 17.9 Å². The number of rotatable bonds is 48. The number of unbranched alkanes of at least 4 members (excludes halogenated alkanes) is 26. The maximum Gasteiger partial charge on any atom is 0.306 e. The van der Waals surface area contributed by atoms with Crippen molar-refractivity contribution in [2.45, 2.75) is 264 Å². The molecule has 0 heterocycles. The van der Waals surface area contributed by atoms with Gasteiger partial charge in [0.25, 0.3) is 0 Å². The van der Waals surface area contributed by atoms with Crippen molar-refractivity contribution in [1.82, 2.24) is 0 Å². The van der Waals surface area contributed by atoms with Gasteiger partial charge in [0.05, 0.1) is 0 Å². The Labute approximate surface area is 395 Å². The summed E-state index contributed by atoms with van der Waals surface area (Å²) in [5.41, 5.74) is 0. The fraction of sp³-hybridized carbons (Fsp3) is 0.741. The second kappa shape index (κ2) is 52.5. The number of ether oxygens (including phenoxy) is 3. The van der Waals surface area contributed by atoms with Crippen LogP contribution in [0.2, 0.25) is 0 Å². The molecule has 1 atom stereocenters. The van der Waals surface area contributed by atoms with E-state index in [1.165, 1.54) is 122 Å². The van der Waals surface area contributed by atoms with Gasteiger partial charge in [-0.3, -0.25) is 14.4 Å². The molecule has 0 rings (SSSR count). The second-order valence-electron chi connectivity index (χ2n) is 17.8.